The lowest BCUT2D eigenvalue weighted by Gasteiger charge is -2.09. The van der Waals surface area contributed by atoms with Gasteiger partial charge in [0.2, 0.25) is 0 Å². The number of fused-ring (bicyclic) bond motifs is 1. The van der Waals surface area contributed by atoms with Gasteiger partial charge in [-0.3, -0.25) is 0 Å². The monoisotopic (exact) mass is 233 g/mol. The minimum absolute atomic E-state index is 0.235. The van der Waals surface area contributed by atoms with Crippen molar-refractivity contribution in [3.8, 4) is 5.75 Å². The normalized spacial score (nSPS) is 12.9. The molecule has 3 heteroatoms. The molecule has 1 N–H and O–H groups in total. The fourth-order valence-electron chi connectivity index (χ4n) is 2.16. The van der Waals surface area contributed by atoms with Crippen molar-refractivity contribution in [2.75, 3.05) is 13.7 Å². The number of hydrogen-bond acceptors (Lipinski definition) is 3. The zero-order valence-electron chi connectivity index (χ0n) is 10.8. The van der Waals surface area contributed by atoms with Gasteiger partial charge in [0.15, 0.2) is 0 Å². The van der Waals surface area contributed by atoms with Crippen LogP contribution in [0.3, 0.4) is 0 Å². The van der Waals surface area contributed by atoms with Crippen LogP contribution < -0.4 is 10.1 Å². The van der Waals surface area contributed by atoms with Crippen LogP contribution in [0, 0.1) is 6.92 Å². The first-order valence-electron chi connectivity index (χ1n) is 5.97. The lowest BCUT2D eigenvalue weighted by Crippen LogP contribution is -2.17. The summed E-state index contributed by atoms with van der Waals surface area (Å²) in [5, 5.41) is 4.53. The molecule has 0 fully saturated rings. The Bertz CT molecular complexity index is 516. The second kappa shape index (κ2) is 4.80. The molecule has 0 saturated carbocycles. The molecule has 0 spiro atoms. The van der Waals surface area contributed by atoms with E-state index in [0.717, 1.165) is 29.0 Å². The Morgan fingerprint density at radius 2 is 2.18 bits per heavy atom. The molecule has 1 unspecified atom stereocenters. The molecule has 1 heterocycles. The zero-order valence-corrected chi connectivity index (χ0v) is 10.8. The van der Waals surface area contributed by atoms with E-state index in [9.17, 15) is 0 Å². The van der Waals surface area contributed by atoms with Crippen molar-refractivity contribution in [2.45, 2.75) is 26.8 Å². The molecule has 0 bridgehead atoms. The molecule has 1 aromatic carbocycles. The van der Waals surface area contributed by atoms with Crippen LogP contribution in [0.5, 0.6) is 5.75 Å². The van der Waals surface area contributed by atoms with Gasteiger partial charge in [-0.15, -0.1) is 0 Å². The van der Waals surface area contributed by atoms with Crippen LogP contribution in [-0.2, 0) is 0 Å². The predicted octanol–water partition coefficient (Wildman–Crippen LogP) is 3.42. The first kappa shape index (κ1) is 12.0. The van der Waals surface area contributed by atoms with Crippen molar-refractivity contribution in [3.05, 3.63) is 29.5 Å². The van der Waals surface area contributed by atoms with Crippen molar-refractivity contribution >= 4 is 11.0 Å². The van der Waals surface area contributed by atoms with Gasteiger partial charge >= 0.3 is 0 Å². The zero-order chi connectivity index (χ0) is 12.4. The van der Waals surface area contributed by atoms with E-state index in [0.29, 0.717) is 0 Å². The third-order valence-corrected chi connectivity index (χ3v) is 3.09. The molecule has 17 heavy (non-hydrogen) atoms. The average Bonchev–Trinajstić information content (AvgIpc) is 2.66. The third-order valence-electron chi connectivity index (χ3n) is 3.09. The molecule has 1 atom stereocenters. The number of hydrogen-bond donors (Lipinski definition) is 1. The van der Waals surface area contributed by atoms with Crippen LogP contribution in [0.1, 0.15) is 31.2 Å². The Labute approximate surface area is 102 Å². The summed E-state index contributed by atoms with van der Waals surface area (Å²) in [7, 11) is 1.67. The molecule has 0 aliphatic carbocycles. The van der Waals surface area contributed by atoms with E-state index in [-0.39, 0.29) is 6.04 Å². The summed E-state index contributed by atoms with van der Waals surface area (Å²) in [6, 6.07) is 6.19. The van der Waals surface area contributed by atoms with E-state index in [1.807, 2.05) is 12.1 Å². The number of furan rings is 1. The number of aryl methyl sites for hydroxylation is 1. The minimum atomic E-state index is 0.235. The van der Waals surface area contributed by atoms with Crippen LogP contribution in [-0.4, -0.2) is 13.7 Å². The summed E-state index contributed by atoms with van der Waals surface area (Å²) in [6.07, 6.45) is 0. The van der Waals surface area contributed by atoms with Crippen LogP contribution in [0.4, 0.5) is 0 Å². The highest BCUT2D eigenvalue weighted by molar-refractivity contribution is 5.83. The fraction of sp³-hybridized carbons (Fsp3) is 0.429. The first-order chi connectivity index (χ1) is 8.17. The van der Waals surface area contributed by atoms with Crippen molar-refractivity contribution in [1.82, 2.24) is 5.32 Å². The first-order valence-corrected chi connectivity index (χ1v) is 5.97. The Kier molecular flexibility index (Phi) is 3.38. The molecule has 0 amide bonds. The molecular formula is C14H19NO2. The summed E-state index contributed by atoms with van der Waals surface area (Å²) in [4.78, 5) is 0. The van der Waals surface area contributed by atoms with E-state index < -0.39 is 0 Å². The van der Waals surface area contributed by atoms with Crippen molar-refractivity contribution in [2.24, 2.45) is 0 Å². The van der Waals surface area contributed by atoms with E-state index in [2.05, 4.69) is 32.2 Å². The number of rotatable bonds is 4. The highest BCUT2D eigenvalue weighted by atomic mass is 16.5. The third kappa shape index (κ3) is 2.15. The van der Waals surface area contributed by atoms with Crippen LogP contribution in [0.15, 0.2) is 22.6 Å². The Hall–Kier alpha value is -1.48. The lowest BCUT2D eigenvalue weighted by molar-refractivity contribution is 0.413. The van der Waals surface area contributed by atoms with E-state index in [1.165, 1.54) is 5.56 Å². The maximum atomic E-state index is 5.91. The summed E-state index contributed by atoms with van der Waals surface area (Å²) < 4.78 is 11.1. The van der Waals surface area contributed by atoms with Gasteiger partial charge in [-0.2, -0.15) is 0 Å². The smallest absolute Gasteiger partial charge is 0.138 e. The second-order valence-corrected chi connectivity index (χ2v) is 4.23. The lowest BCUT2D eigenvalue weighted by atomic mass is 10.1. The van der Waals surface area contributed by atoms with Gasteiger partial charge in [0.05, 0.1) is 13.2 Å². The van der Waals surface area contributed by atoms with Crippen LogP contribution in [0.2, 0.25) is 0 Å². The summed E-state index contributed by atoms with van der Waals surface area (Å²) in [6.45, 7) is 7.24. The molecule has 0 radical (unpaired) electrons. The topological polar surface area (TPSA) is 34.4 Å². The molecule has 0 aliphatic heterocycles. The number of benzene rings is 1. The Morgan fingerprint density at radius 3 is 2.82 bits per heavy atom. The van der Waals surface area contributed by atoms with Crippen molar-refractivity contribution < 1.29 is 9.15 Å². The number of ether oxygens (including phenoxy) is 1. The fourth-order valence-corrected chi connectivity index (χ4v) is 2.16. The molecule has 2 aromatic rings. The van der Waals surface area contributed by atoms with Gasteiger partial charge in [-0.25, -0.2) is 0 Å². The maximum absolute atomic E-state index is 5.91. The quantitative estimate of drug-likeness (QED) is 0.878. The van der Waals surface area contributed by atoms with E-state index in [4.69, 9.17) is 9.15 Å². The molecule has 2 rings (SSSR count). The highest BCUT2D eigenvalue weighted by Gasteiger charge is 2.15. The summed E-state index contributed by atoms with van der Waals surface area (Å²) >= 11 is 0. The molecule has 92 valence electrons. The van der Waals surface area contributed by atoms with Gasteiger partial charge in [-0.1, -0.05) is 6.92 Å². The van der Waals surface area contributed by atoms with Crippen molar-refractivity contribution in [1.29, 1.82) is 0 Å². The number of methoxy groups -OCH3 is 1. The molecule has 0 saturated heterocycles. The molecular weight excluding hydrogens is 214 g/mol. The highest BCUT2D eigenvalue weighted by Crippen LogP contribution is 2.31. The minimum Gasteiger partial charge on any atom is -0.497 e. The maximum Gasteiger partial charge on any atom is 0.138 e. The second-order valence-electron chi connectivity index (χ2n) is 4.23. The molecule has 0 aliphatic rings. The van der Waals surface area contributed by atoms with Crippen LogP contribution >= 0.6 is 0 Å². The van der Waals surface area contributed by atoms with Gasteiger partial charge in [0, 0.05) is 11.5 Å². The summed E-state index contributed by atoms with van der Waals surface area (Å²) in [5.74, 6) is 1.84. The largest absolute Gasteiger partial charge is 0.497 e. The van der Waals surface area contributed by atoms with Crippen molar-refractivity contribution in [3.63, 3.8) is 0 Å². The van der Waals surface area contributed by atoms with Gasteiger partial charge in [-0.05, 0) is 38.1 Å². The average molecular weight is 233 g/mol. The van der Waals surface area contributed by atoms with E-state index >= 15 is 0 Å². The van der Waals surface area contributed by atoms with Gasteiger partial charge in [0.25, 0.3) is 0 Å². The molecule has 1 aromatic heterocycles. The van der Waals surface area contributed by atoms with Crippen LogP contribution in [0.25, 0.3) is 11.0 Å². The predicted molar refractivity (Wildman–Crippen MR) is 69.6 cm³/mol. The Morgan fingerprint density at radius 1 is 1.41 bits per heavy atom. The van der Waals surface area contributed by atoms with Gasteiger partial charge in [0.1, 0.15) is 17.1 Å². The standard InChI is InChI=1S/C14H19NO2/c1-5-15-10(3)14-9(2)12-7-6-11(16-4)8-13(12)17-14/h6-8,10,15H,5H2,1-4H3. The SMILES string of the molecule is CCNC(C)c1oc2cc(OC)ccc2c1C. The van der Waals surface area contributed by atoms with E-state index in [1.54, 1.807) is 7.11 Å². The Balaban J connectivity index is 2.48. The number of nitrogens with one attached hydrogen (secondary N) is 1. The molecule has 3 nitrogen and oxygen atoms in total. The summed E-state index contributed by atoms with van der Waals surface area (Å²) in [5.41, 5.74) is 2.10. The van der Waals surface area contributed by atoms with Gasteiger partial charge < -0.3 is 14.5 Å².